The van der Waals surface area contributed by atoms with Gasteiger partial charge in [0, 0.05) is 0 Å². The van der Waals surface area contributed by atoms with Crippen molar-refractivity contribution >= 4 is 55.9 Å². The zero-order chi connectivity index (χ0) is 21.0. The number of halogens is 9. The van der Waals surface area contributed by atoms with Gasteiger partial charge < -0.3 is 0 Å². The normalized spacial score (nSPS) is 13.4. The number of rotatable bonds is 0. The molecule has 0 aromatic rings. The first-order chi connectivity index (χ1) is 9.75. The third-order valence-electron chi connectivity index (χ3n) is 0.968. The summed E-state index contributed by atoms with van der Waals surface area (Å²) in [7, 11) is -16.0. The van der Waals surface area contributed by atoms with Crippen LogP contribution in [0.3, 0.4) is 0 Å². The molecule has 0 radical (unpaired) electrons. The molecule has 0 rings (SSSR count). The van der Waals surface area contributed by atoms with E-state index < -0.39 is 46.6 Å². The summed E-state index contributed by atoms with van der Waals surface area (Å²) in [5.41, 5.74) is -15.9. The number of primary sulfonamides is 3. The predicted molar refractivity (Wildman–Crippen MR) is 67.4 cm³/mol. The second kappa shape index (κ2) is 9.77. The quantitative estimate of drug-likeness (QED) is 0.292. The zero-order valence-corrected chi connectivity index (χ0v) is 12.8. The van der Waals surface area contributed by atoms with Crippen LogP contribution in [-0.2, 0) is 30.1 Å². The number of hydrogen-bond acceptors (Lipinski definition) is 6. The standard InChI is InChI=1S/3CH2F3NO2S.In.3H/c3*2-1(3,4)8(5,6)7;;;;/h3*(H2,5,6,7);;;;. The molecule has 0 heterocycles. The van der Waals surface area contributed by atoms with Gasteiger partial charge in [0.25, 0.3) is 0 Å². The van der Waals surface area contributed by atoms with Crippen LogP contribution in [0.25, 0.3) is 0 Å². The van der Waals surface area contributed by atoms with Gasteiger partial charge in [0.05, 0.1) is 0 Å². The molecule has 0 aromatic carbocycles. The van der Waals surface area contributed by atoms with Gasteiger partial charge in [-0.25, -0.2) is 40.7 Å². The Labute approximate surface area is 152 Å². The van der Waals surface area contributed by atoms with Crippen LogP contribution >= 0.6 is 0 Å². The average Bonchev–Trinajstić information content (AvgIpc) is 2.08. The molecule has 0 bridgehead atoms. The summed E-state index contributed by atoms with van der Waals surface area (Å²) in [4.78, 5) is 0. The van der Waals surface area contributed by atoms with Crippen molar-refractivity contribution in [3.05, 3.63) is 0 Å². The summed E-state index contributed by atoms with van der Waals surface area (Å²) < 4.78 is 153. The average molecular weight is 565 g/mol. The van der Waals surface area contributed by atoms with Crippen molar-refractivity contribution < 1.29 is 64.8 Å². The molecule has 156 valence electrons. The van der Waals surface area contributed by atoms with E-state index in [9.17, 15) is 64.8 Å². The van der Waals surface area contributed by atoms with E-state index in [1.54, 1.807) is 0 Å². The monoisotopic (exact) mass is 565 g/mol. The fourth-order valence-electron chi connectivity index (χ4n) is 0. The molecule has 0 unspecified atom stereocenters. The summed E-state index contributed by atoms with van der Waals surface area (Å²) in [6.45, 7) is 0. The van der Waals surface area contributed by atoms with Gasteiger partial charge in [-0.05, 0) is 0 Å². The number of nitrogens with two attached hydrogens (primary N) is 3. The summed E-state index contributed by atoms with van der Waals surface area (Å²) in [5.74, 6) is 0. The molecule has 9 nitrogen and oxygen atoms in total. The van der Waals surface area contributed by atoms with Crippen LogP contribution in [0.1, 0.15) is 0 Å². The third-order valence-corrected chi connectivity index (χ3v) is 2.90. The van der Waals surface area contributed by atoms with Gasteiger partial charge in [-0.1, -0.05) is 0 Å². The van der Waals surface area contributed by atoms with Crippen LogP contribution in [0.15, 0.2) is 0 Å². The van der Waals surface area contributed by atoms with E-state index in [0.717, 1.165) is 0 Å². The van der Waals surface area contributed by atoms with Crippen LogP contribution in [0.2, 0.25) is 0 Å². The van der Waals surface area contributed by atoms with Crippen LogP contribution in [-0.4, -0.2) is 67.6 Å². The van der Waals surface area contributed by atoms with Crippen molar-refractivity contribution in [1.29, 1.82) is 0 Å². The van der Waals surface area contributed by atoms with E-state index in [1.165, 1.54) is 0 Å². The molecule has 0 aromatic heterocycles. The second-order valence-electron chi connectivity index (χ2n) is 2.97. The first-order valence-electron chi connectivity index (χ1n) is 4.02. The molecule has 0 aliphatic carbocycles. The molecule has 0 amide bonds. The van der Waals surface area contributed by atoms with E-state index in [-0.39, 0.29) is 25.8 Å². The Balaban J connectivity index is -0.000000130. The summed E-state index contributed by atoms with van der Waals surface area (Å²) in [5, 5.41) is 11.0. The molecule has 0 aliphatic rings. The van der Waals surface area contributed by atoms with Gasteiger partial charge in [0.15, 0.2) is 0 Å². The van der Waals surface area contributed by atoms with Crippen molar-refractivity contribution in [2.24, 2.45) is 15.4 Å². The molecule has 0 saturated heterocycles. The SMILES string of the molecule is NS(=O)(=O)C(F)(F)F.NS(=O)(=O)C(F)(F)F.NS(=O)(=O)C(F)(F)F.[InH3]. The molecule has 25 heavy (non-hydrogen) atoms. The molecule has 0 atom stereocenters. The maximum absolute atomic E-state index is 10.8. The Morgan fingerprint density at radius 3 is 0.480 bits per heavy atom. The Kier molecular flexibility index (Phi) is 12.8. The fraction of sp³-hybridized carbons (Fsp3) is 1.00. The molecule has 22 heteroatoms. The Bertz CT molecular complexity index is 605. The maximum atomic E-state index is 10.8. The molecular weight excluding hydrogens is 556 g/mol. The third kappa shape index (κ3) is 15.9. The van der Waals surface area contributed by atoms with Gasteiger partial charge in [-0.2, -0.15) is 39.5 Å². The van der Waals surface area contributed by atoms with E-state index >= 15 is 0 Å². The molecule has 0 spiro atoms. The first kappa shape index (κ1) is 32.6. The predicted octanol–water partition coefficient (Wildman–Crippen LogP) is -1.80. The molecule has 6 N–H and O–H groups in total. The van der Waals surface area contributed by atoms with Crippen molar-refractivity contribution in [1.82, 2.24) is 0 Å². The molecule has 0 saturated carbocycles. The van der Waals surface area contributed by atoms with Crippen molar-refractivity contribution in [2.75, 3.05) is 0 Å². The minimum absolute atomic E-state index is 0. The van der Waals surface area contributed by atoms with Gasteiger partial charge in [-0.15, -0.1) is 0 Å². The summed E-state index contributed by atoms with van der Waals surface area (Å²) >= 11 is 0. The van der Waals surface area contributed by atoms with E-state index in [1.807, 2.05) is 0 Å². The van der Waals surface area contributed by atoms with Crippen LogP contribution < -0.4 is 15.4 Å². The van der Waals surface area contributed by atoms with Crippen molar-refractivity contribution in [2.45, 2.75) is 16.5 Å². The zero-order valence-electron chi connectivity index (χ0n) is 10.3. The number of sulfonamides is 3. The first-order valence-corrected chi connectivity index (χ1v) is 8.66. The van der Waals surface area contributed by atoms with Crippen LogP contribution in [0.5, 0.6) is 0 Å². The summed E-state index contributed by atoms with van der Waals surface area (Å²) in [6, 6.07) is 0. The molecule has 0 aliphatic heterocycles. The number of hydrogen-bond donors (Lipinski definition) is 3. The Morgan fingerprint density at radius 2 is 0.480 bits per heavy atom. The second-order valence-corrected chi connectivity index (χ2v) is 7.63. The van der Waals surface area contributed by atoms with Crippen molar-refractivity contribution in [3.8, 4) is 0 Å². The fourth-order valence-corrected chi connectivity index (χ4v) is 0. The van der Waals surface area contributed by atoms with E-state index in [2.05, 4.69) is 15.4 Å². The summed E-state index contributed by atoms with van der Waals surface area (Å²) in [6.07, 6.45) is 0. The van der Waals surface area contributed by atoms with Crippen molar-refractivity contribution in [3.63, 3.8) is 0 Å². The van der Waals surface area contributed by atoms with Crippen LogP contribution in [0.4, 0.5) is 39.5 Å². The topological polar surface area (TPSA) is 180 Å². The van der Waals surface area contributed by atoms with E-state index in [4.69, 9.17) is 0 Å². The Morgan fingerprint density at radius 1 is 0.440 bits per heavy atom. The molecular formula is C3H9F9InN3O6S3. The van der Waals surface area contributed by atoms with E-state index in [0.29, 0.717) is 0 Å². The van der Waals surface area contributed by atoms with Gasteiger partial charge in [-0.3, -0.25) is 0 Å². The number of alkyl halides is 9. The van der Waals surface area contributed by atoms with Crippen LogP contribution in [0, 0.1) is 0 Å². The van der Waals surface area contributed by atoms with Gasteiger partial charge in [0.2, 0.25) is 0 Å². The van der Waals surface area contributed by atoms with Gasteiger partial charge >= 0.3 is 72.4 Å². The minimum atomic E-state index is -5.34. The molecule has 0 fully saturated rings. The van der Waals surface area contributed by atoms with Gasteiger partial charge in [0.1, 0.15) is 0 Å². The Hall–Kier alpha value is -0.0299.